The fourth-order valence-electron chi connectivity index (χ4n) is 1.60. The van der Waals surface area contributed by atoms with Crippen LogP contribution in [-0.4, -0.2) is 14.7 Å². The Morgan fingerprint density at radius 1 is 1.64 bits per heavy atom. The van der Waals surface area contributed by atoms with Gasteiger partial charge in [-0.05, 0) is 26.7 Å². The van der Waals surface area contributed by atoms with Crippen LogP contribution in [0, 0.1) is 0 Å². The zero-order valence-electron chi connectivity index (χ0n) is 8.64. The fraction of sp³-hybridized carbons (Fsp3) is 0.545. The molecule has 1 aliphatic rings. The van der Waals surface area contributed by atoms with Crippen LogP contribution in [0.15, 0.2) is 24.2 Å². The Balaban J connectivity index is 2.22. The predicted molar refractivity (Wildman–Crippen MR) is 54.9 cm³/mol. The Hall–Kier alpha value is -1.09. The van der Waals surface area contributed by atoms with Gasteiger partial charge in [-0.15, -0.1) is 0 Å². The number of aromatic nitrogens is 2. The average Bonchev–Trinajstić information content (AvgIpc) is 2.82. The number of hydrogen-bond donors (Lipinski definition) is 1. The van der Waals surface area contributed by atoms with Gasteiger partial charge in [0.05, 0.1) is 18.2 Å². The fourth-order valence-corrected chi connectivity index (χ4v) is 1.60. The first-order chi connectivity index (χ1) is 6.68. The molecule has 1 aromatic heterocycles. The molecule has 0 spiro atoms. The Labute approximate surface area is 84.1 Å². The van der Waals surface area contributed by atoms with E-state index in [-0.39, 0.29) is 0 Å². The van der Waals surface area contributed by atoms with E-state index in [0.717, 1.165) is 11.3 Å². The van der Waals surface area contributed by atoms with E-state index in [0.29, 0.717) is 6.04 Å². The molecule has 76 valence electrons. The number of rotatable bonds is 3. The maximum atomic E-state index is 9.90. The van der Waals surface area contributed by atoms with Crippen molar-refractivity contribution in [2.75, 3.05) is 0 Å². The van der Waals surface area contributed by atoms with E-state index < -0.39 is 6.10 Å². The standard InChI is InChI=1S/C11H16N2O/c1-8(2)5-11(14)10-6-12-7-13(10)9-3-4-9/h5-7,9,11,14H,3-4H2,1-2H3. The van der Waals surface area contributed by atoms with Gasteiger partial charge < -0.3 is 9.67 Å². The minimum atomic E-state index is -0.511. The molecule has 1 heterocycles. The molecule has 3 nitrogen and oxygen atoms in total. The molecule has 0 saturated heterocycles. The summed E-state index contributed by atoms with van der Waals surface area (Å²) in [4.78, 5) is 4.09. The molecular formula is C11H16N2O. The zero-order valence-corrected chi connectivity index (χ0v) is 8.64. The highest BCUT2D eigenvalue weighted by molar-refractivity contribution is 5.14. The molecule has 0 bridgehead atoms. The molecule has 0 amide bonds. The van der Waals surface area contributed by atoms with Gasteiger partial charge in [0.2, 0.25) is 0 Å². The number of imidazole rings is 1. The van der Waals surface area contributed by atoms with Crippen molar-refractivity contribution in [2.45, 2.75) is 38.8 Å². The van der Waals surface area contributed by atoms with Crippen LogP contribution in [-0.2, 0) is 0 Å². The van der Waals surface area contributed by atoms with Crippen LogP contribution >= 0.6 is 0 Å². The zero-order chi connectivity index (χ0) is 10.1. The minimum absolute atomic E-state index is 0.511. The lowest BCUT2D eigenvalue weighted by atomic mass is 10.2. The number of allylic oxidation sites excluding steroid dienone is 1. The van der Waals surface area contributed by atoms with E-state index in [1.54, 1.807) is 6.20 Å². The Bertz CT molecular complexity index is 346. The molecule has 1 fully saturated rings. The van der Waals surface area contributed by atoms with Crippen molar-refractivity contribution in [1.29, 1.82) is 0 Å². The Morgan fingerprint density at radius 2 is 2.36 bits per heavy atom. The summed E-state index contributed by atoms with van der Waals surface area (Å²) >= 11 is 0. The third kappa shape index (κ3) is 1.87. The van der Waals surface area contributed by atoms with Crippen LogP contribution in [0.3, 0.4) is 0 Å². The van der Waals surface area contributed by atoms with Crippen molar-refractivity contribution < 1.29 is 5.11 Å². The van der Waals surface area contributed by atoms with Gasteiger partial charge in [0.25, 0.3) is 0 Å². The monoisotopic (exact) mass is 192 g/mol. The summed E-state index contributed by atoms with van der Waals surface area (Å²) < 4.78 is 2.09. The van der Waals surface area contributed by atoms with E-state index in [9.17, 15) is 5.11 Å². The van der Waals surface area contributed by atoms with Crippen molar-refractivity contribution >= 4 is 0 Å². The van der Waals surface area contributed by atoms with Crippen LogP contribution in [0.25, 0.3) is 0 Å². The summed E-state index contributed by atoms with van der Waals surface area (Å²) in [5.41, 5.74) is 2.04. The van der Waals surface area contributed by atoms with Gasteiger partial charge in [-0.2, -0.15) is 0 Å². The minimum Gasteiger partial charge on any atom is -0.383 e. The summed E-state index contributed by atoms with van der Waals surface area (Å²) in [5.74, 6) is 0. The summed E-state index contributed by atoms with van der Waals surface area (Å²) in [6.45, 7) is 3.97. The highest BCUT2D eigenvalue weighted by Gasteiger charge is 2.26. The molecule has 1 N–H and O–H groups in total. The molecule has 14 heavy (non-hydrogen) atoms. The van der Waals surface area contributed by atoms with Crippen LogP contribution in [0.2, 0.25) is 0 Å². The molecule has 1 aliphatic carbocycles. The first-order valence-electron chi connectivity index (χ1n) is 5.03. The highest BCUT2D eigenvalue weighted by Crippen LogP contribution is 2.37. The lowest BCUT2D eigenvalue weighted by Gasteiger charge is -2.10. The largest absolute Gasteiger partial charge is 0.383 e. The first-order valence-corrected chi connectivity index (χ1v) is 5.03. The second kappa shape index (κ2) is 3.58. The van der Waals surface area contributed by atoms with Gasteiger partial charge in [0.15, 0.2) is 0 Å². The maximum absolute atomic E-state index is 9.90. The summed E-state index contributed by atoms with van der Waals surface area (Å²) in [5, 5.41) is 9.90. The molecular weight excluding hydrogens is 176 g/mol. The Morgan fingerprint density at radius 3 is 2.93 bits per heavy atom. The van der Waals surface area contributed by atoms with Gasteiger partial charge in [0, 0.05) is 6.04 Å². The van der Waals surface area contributed by atoms with Crippen molar-refractivity contribution in [2.24, 2.45) is 0 Å². The van der Waals surface area contributed by atoms with E-state index in [2.05, 4.69) is 9.55 Å². The van der Waals surface area contributed by atoms with Crippen molar-refractivity contribution in [3.05, 3.63) is 29.9 Å². The van der Waals surface area contributed by atoms with Crippen LogP contribution in [0.4, 0.5) is 0 Å². The van der Waals surface area contributed by atoms with Crippen LogP contribution in [0.1, 0.15) is 44.5 Å². The second-order valence-electron chi connectivity index (χ2n) is 4.15. The van der Waals surface area contributed by atoms with E-state index >= 15 is 0 Å². The highest BCUT2D eigenvalue weighted by atomic mass is 16.3. The number of hydrogen-bond acceptors (Lipinski definition) is 2. The van der Waals surface area contributed by atoms with E-state index in [1.807, 2.05) is 26.3 Å². The van der Waals surface area contributed by atoms with Gasteiger partial charge in [-0.1, -0.05) is 11.6 Å². The number of aliphatic hydroxyl groups excluding tert-OH is 1. The molecule has 1 unspecified atom stereocenters. The van der Waals surface area contributed by atoms with Crippen molar-refractivity contribution in [1.82, 2.24) is 9.55 Å². The van der Waals surface area contributed by atoms with Gasteiger partial charge in [-0.3, -0.25) is 0 Å². The molecule has 1 aromatic rings. The molecule has 1 saturated carbocycles. The quantitative estimate of drug-likeness (QED) is 0.746. The van der Waals surface area contributed by atoms with Gasteiger partial charge in [0.1, 0.15) is 6.10 Å². The van der Waals surface area contributed by atoms with Crippen LogP contribution in [0.5, 0.6) is 0 Å². The topological polar surface area (TPSA) is 38.1 Å². The number of aliphatic hydroxyl groups is 1. The van der Waals surface area contributed by atoms with Crippen LogP contribution < -0.4 is 0 Å². The Kier molecular flexibility index (Phi) is 2.42. The molecule has 0 aromatic carbocycles. The average molecular weight is 192 g/mol. The summed E-state index contributed by atoms with van der Waals surface area (Å²) in [6, 6.07) is 0.577. The summed E-state index contributed by atoms with van der Waals surface area (Å²) in [7, 11) is 0. The van der Waals surface area contributed by atoms with Gasteiger partial charge in [-0.25, -0.2) is 4.98 Å². The molecule has 3 heteroatoms. The lowest BCUT2D eigenvalue weighted by Crippen LogP contribution is -2.03. The molecule has 0 aliphatic heterocycles. The van der Waals surface area contributed by atoms with Gasteiger partial charge >= 0.3 is 0 Å². The third-order valence-corrected chi connectivity index (χ3v) is 2.43. The first kappa shape index (κ1) is 9.46. The smallest absolute Gasteiger partial charge is 0.114 e. The molecule has 0 radical (unpaired) electrons. The molecule has 2 rings (SSSR count). The molecule has 1 atom stereocenters. The predicted octanol–water partition coefficient (Wildman–Crippen LogP) is 2.22. The summed E-state index contributed by atoms with van der Waals surface area (Å²) in [6.07, 6.45) is 7.34. The normalized spacial score (nSPS) is 17.9. The van der Waals surface area contributed by atoms with E-state index in [1.165, 1.54) is 12.8 Å². The third-order valence-electron chi connectivity index (χ3n) is 2.43. The lowest BCUT2D eigenvalue weighted by molar-refractivity contribution is 0.217. The SMILES string of the molecule is CC(C)=CC(O)c1cncn1C1CC1. The number of nitrogens with zero attached hydrogens (tertiary/aromatic N) is 2. The van der Waals surface area contributed by atoms with E-state index in [4.69, 9.17) is 0 Å². The van der Waals surface area contributed by atoms with Crippen molar-refractivity contribution in [3.63, 3.8) is 0 Å². The second-order valence-corrected chi connectivity index (χ2v) is 4.15. The van der Waals surface area contributed by atoms with Crippen molar-refractivity contribution in [3.8, 4) is 0 Å². The maximum Gasteiger partial charge on any atom is 0.114 e.